The van der Waals surface area contributed by atoms with E-state index >= 15 is 0 Å². The molecule has 4 heteroatoms. The van der Waals surface area contributed by atoms with Crippen molar-refractivity contribution >= 4 is 28.1 Å². The third-order valence-corrected chi connectivity index (χ3v) is 5.68. The number of hydrogen-bond acceptors (Lipinski definition) is 3. The molecule has 1 fully saturated rings. The summed E-state index contributed by atoms with van der Waals surface area (Å²) in [7, 11) is 0. The highest BCUT2D eigenvalue weighted by atomic mass is 32.1. The predicted molar refractivity (Wildman–Crippen MR) is 99.4 cm³/mol. The Morgan fingerprint density at radius 3 is 2.71 bits per heavy atom. The van der Waals surface area contributed by atoms with Crippen molar-refractivity contribution in [1.29, 1.82) is 0 Å². The SMILES string of the molecule is CC1CCN(C(=O)c2cc(-c3cccs3)nc3ccccc23)CC1. The Bertz CT molecular complexity index is 864. The van der Waals surface area contributed by atoms with Crippen LogP contribution in [-0.2, 0) is 0 Å². The van der Waals surface area contributed by atoms with Gasteiger partial charge in [0.1, 0.15) is 0 Å². The Hall–Kier alpha value is -2.20. The number of hydrogen-bond donors (Lipinski definition) is 0. The molecule has 0 unspecified atom stereocenters. The van der Waals surface area contributed by atoms with Crippen molar-refractivity contribution in [1.82, 2.24) is 9.88 Å². The summed E-state index contributed by atoms with van der Waals surface area (Å²) in [5.41, 5.74) is 2.55. The lowest BCUT2D eigenvalue weighted by atomic mass is 9.98. The molecule has 0 aliphatic carbocycles. The van der Waals surface area contributed by atoms with Crippen LogP contribution in [0.25, 0.3) is 21.5 Å². The van der Waals surface area contributed by atoms with E-state index in [0.717, 1.165) is 53.0 Å². The average Bonchev–Trinajstić information content (AvgIpc) is 3.15. The molecule has 2 aromatic heterocycles. The molecule has 0 spiro atoms. The van der Waals surface area contributed by atoms with Crippen molar-refractivity contribution in [3.05, 3.63) is 53.4 Å². The van der Waals surface area contributed by atoms with Crippen molar-refractivity contribution < 1.29 is 4.79 Å². The van der Waals surface area contributed by atoms with Gasteiger partial charge in [0.05, 0.1) is 21.7 Å². The van der Waals surface area contributed by atoms with Gasteiger partial charge in [0.2, 0.25) is 0 Å². The van der Waals surface area contributed by atoms with Crippen LogP contribution in [0, 0.1) is 5.92 Å². The van der Waals surface area contributed by atoms with Gasteiger partial charge in [0, 0.05) is 18.5 Å². The van der Waals surface area contributed by atoms with Gasteiger partial charge in [-0.3, -0.25) is 4.79 Å². The predicted octanol–water partition coefficient (Wildman–Crippen LogP) is 4.84. The zero-order valence-corrected chi connectivity index (χ0v) is 14.6. The van der Waals surface area contributed by atoms with E-state index in [1.807, 2.05) is 46.7 Å². The Balaban J connectivity index is 1.79. The van der Waals surface area contributed by atoms with Gasteiger partial charge < -0.3 is 4.90 Å². The van der Waals surface area contributed by atoms with Gasteiger partial charge >= 0.3 is 0 Å². The number of aromatic nitrogens is 1. The fourth-order valence-corrected chi connectivity index (χ4v) is 3.97. The van der Waals surface area contributed by atoms with Crippen LogP contribution in [0.5, 0.6) is 0 Å². The first-order chi connectivity index (χ1) is 11.7. The molecular formula is C20H20N2OS. The molecule has 0 bridgehead atoms. The quantitative estimate of drug-likeness (QED) is 0.671. The monoisotopic (exact) mass is 336 g/mol. The summed E-state index contributed by atoms with van der Waals surface area (Å²) in [5, 5.41) is 2.99. The molecule has 0 N–H and O–H groups in total. The number of fused-ring (bicyclic) bond motifs is 1. The summed E-state index contributed by atoms with van der Waals surface area (Å²) in [6, 6.07) is 14.0. The molecule has 3 aromatic rings. The maximum absolute atomic E-state index is 13.1. The molecule has 0 radical (unpaired) electrons. The van der Waals surface area contributed by atoms with Gasteiger partial charge in [0.25, 0.3) is 5.91 Å². The Labute approximate surface area is 146 Å². The van der Waals surface area contributed by atoms with Crippen LogP contribution in [0.4, 0.5) is 0 Å². The molecule has 1 amide bonds. The number of carbonyl (C=O) groups is 1. The van der Waals surface area contributed by atoms with Crippen LogP contribution >= 0.6 is 11.3 Å². The van der Waals surface area contributed by atoms with Gasteiger partial charge in [-0.15, -0.1) is 11.3 Å². The van der Waals surface area contributed by atoms with E-state index in [1.54, 1.807) is 11.3 Å². The highest BCUT2D eigenvalue weighted by Crippen LogP contribution is 2.29. The first-order valence-electron chi connectivity index (χ1n) is 8.45. The lowest BCUT2D eigenvalue weighted by Crippen LogP contribution is -2.38. The third-order valence-electron chi connectivity index (χ3n) is 4.79. The van der Waals surface area contributed by atoms with Gasteiger partial charge in [-0.25, -0.2) is 4.98 Å². The maximum atomic E-state index is 13.1. The molecule has 1 aliphatic rings. The molecule has 24 heavy (non-hydrogen) atoms. The molecule has 3 heterocycles. The molecule has 1 aromatic carbocycles. The highest BCUT2D eigenvalue weighted by molar-refractivity contribution is 7.13. The standard InChI is InChI=1S/C20H20N2OS/c1-14-8-10-22(11-9-14)20(23)16-13-18(19-7-4-12-24-19)21-17-6-3-2-5-15(16)17/h2-7,12-14H,8-11H2,1H3. The van der Waals surface area contributed by atoms with E-state index in [0.29, 0.717) is 5.92 Å². The van der Waals surface area contributed by atoms with Crippen LogP contribution in [0.3, 0.4) is 0 Å². The minimum absolute atomic E-state index is 0.137. The largest absolute Gasteiger partial charge is 0.339 e. The van der Waals surface area contributed by atoms with Crippen molar-refractivity contribution in [2.75, 3.05) is 13.1 Å². The van der Waals surface area contributed by atoms with Crippen LogP contribution < -0.4 is 0 Å². The van der Waals surface area contributed by atoms with E-state index in [2.05, 4.69) is 13.0 Å². The number of pyridine rings is 1. The van der Waals surface area contributed by atoms with Crippen molar-refractivity contribution in [3.63, 3.8) is 0 Å². The normalized spacial score (nSPS) is 15.8. The average molecular weight is 336 g/mol. The molecule has 1 saturated heterocycles. The molecular weight excluding hydrogens is 316 g/mol. The molecule has 4 rings (SSSR count). The number of carbonyl (C=O) groups excluding carboxylic acids is 1. The van der Waals surface area contributed by atoms with Crippen molar-refractivity contribution in [2.24, 2.45) is 5.92 Å². The van der Waals surface area contributed by atoms with Gasteiger partial charge in [-0.05, 0) is 42.3 Å². The summed E-state index contributed by atoms with van der Waals surface area (Å²) in [6.07, 6.45) is 2.18. The molecule has 122 valence electrons. The van der Waals surface area contributed by atoms with Crippen LogP contribution in [0.1, 0.15) is 30.1 Å². The second kappa shape index (κ2) is 6.36. The molecule has 3 nitrogen and oxygen atoms in total. The minimum Gasteiger partial charge on any atom is -0.339 e. The van der Waals surface area contributed by atoms with Crippen LogP contribution in [-0.4, -0.2) is 28.9 Å². The molecule has 1 aliphatic heterocycles. The second-order valence-corrected chi connectivity index (χ2v) is 7.47. The number of piperidine rings is 1. The van der Waals surface area contributed by atoms with E-state index in [4.69, 9.17) is 4.98 Å². The van der Waals surface area contributed by atoms with Crippen molar-refractivity contribution in [2.45, 2.75) is 19.8 Å². The highest BCUT2D eigenvalue weighted by Gasteiger charge is 2.23. The van der Waals surface area contributed by atoms with Crippen molar-refractivity contribution in [3.8, 4) is 10.6 Å². The number of amides is 1. The maximum Gasteiger partial charge on any atom is 0.254 e. The molecule has 0 saturated carbocycles. The Morgan fingerprint density at radius 2 is 1.96 bits per heavy atom. The number of rotatable bonds is 2. The zero-order valence-electron chi connectivity index (χ0n) is 13.7. The van der Waals surface area contributed by atoms with Crippen LogP contribution in [0.2, 0.25) is 0 Å². The summed E-state index contributed by atoms with van der Waals surface area (Å²) >= 11 is 1.65. The Morgan fingerprint density at radius 1 is 1.17 bits per heavy atom. The number of thiophene rings is 1. The second-order valence-electron chi connectivity index (χ2n) is 6.52. The Kier molecular flexibility index (Phi) is 4.07. The topological polar surface area (TPSA) is 33.2 Å². The van der Waals surface area contributed by atoms with E-state index in [-0.39, 0.29) is 5.91 Å². The lowest BCUT2D eigenvalue weighted by molar-refractivity contribution is 0.0699. The van der Waals surface area contributed by atoms with Gasteiger partial charge in [0.15, 0.2) is 0 Å². The van der Waals surface area contributed by atoms with Crippen LogP contribution in [0.15, 0.2) is 47.8 Å². The number of likely N-dealkylation sites (tertiary alicyclic amines) is 1. The van der Waals surface area contributed by atoms with E-state index < -0.39 is 0 Å². The minimum atomic E-state index is 0.137. The third kappa shape index (κ3) is 2.82. The lowest BCUT2D eigenvalue weighted by Gasteiger charge is -2.30. The van der Waals surface area contributed by atoms with Gasteiger partial charge in [-0.1, -0.05) is 31.2 Å². The first-order valence-corrected chi connectivity index (χ1v) is 9.33. The summed E-state index contributed by atoms with van der Waals surface area (Å²) in [5.74, 6) is 0.850. The smallest absolute Gasteiger partial charge is 0.254 e. The fourth-order valence-electron chi connectivity index (χ4n) is 3.28. The first kappa shape index (κ1) is 15.3. The number of nitrogens with zero attached hydrogens (tertiary/aromatic N) is 2. The number of para-hydroxylation sites is 1. The van der Waals surface area contributed by atoms with E-state index in [9.17, 15) is 4.79 Å². The summed E-state index contributed by atoms with van der Waals surface area (Å²) < 4.78 is 0. The fraction of sp³-hybridized carbons (Fsp3) is 0.300. The zero-order chi connectivity index (χ0) is 16.5. The molecule has 0 atom stereocenters. The summed E-state index contributed by atoms with van der Waals surface area (Å²) in [6.45, 7) is 3.97. The summed E-state index contributed by atoms with van der Waals surface area (Å²) in [4.78, 5) is 21.0. The number of benzene rings is 1. The van der Waals surface area contributed by atoms with E-state index in [1.165, 1.54) is 0 Å². The van der Waals surface area contributed by atoms with Gasteiger partial charge in [-0.2, -0.15) is 0 Å².